The third-order valence-corrected chi connectivity index (χ3v) is 3.21. The van der Waals surface area contributed by atoms with Gasteiger partial charge in [0.05, 0.1) is 12.2 Å². The van der Waals surface area contributed by atoms with Crippen LogP contribution in [0.25, 0.3) is 0 Å². The van der Waals surface area contributed by atoms with E-state index in [-0.39, 0.29) is 12.0 Å². The quantitative estimate of drug-likeness (QED) is 0.779. The number of nitrogens with zero attached hydrogens (tertiary/aromatic N) is 1. The molecular weight excluding hydrogens is 226 g/mol. The van der Waals surface area contributed by atoms with Gasteiger partial charge in [0.1, 0.15) is 0 Å². The van der Waals surface area contributed by atoms with Crippen molar-refractivity contribution in [1.29, 1.82) is 0 Å². The Labute approximate surface area is 110 Å². The summed E-state index contributed by atoms with van der Waals surface area (Å²) >= 11 is 0. The molecule has 0 saturated heterocycles. The predicted molar refractivity (Wildman–Crippen MR) is 74.4 cm³/mol. The van der Waals surface area contributed by atoms with Crippen molar-refractivity contribution < 1.29 is 10.2 Å². The fourth-order valence-electron chi connectivity index (χ4n) is 2.07. The molecule has 1 aromatic carbocycles. The smallest absolute Gasteiger partial charge is 0.0827 e. The number of benzene rings is 1. The SMILES string of the molecule is CC(O)CCN(C)CC(C)C(O)c1ccccc1. The highest BCUT2D eigenvalue weighted by Crippen LogP contribution is 2.21. The maximum absolute atomic E-state index is 10.2. The van der Waals surface area contributed by atoms with Crippen LogP contribution in [0.3, 0.4) is 0 Å². The van der Waals surface area contributed by atoms with Gasteiger partial charge in [0.15, 0.2) is 0 Å². The summed E-state index contributed by atoms with van der Waals surface area (Å²) in [6.07, 6.45) is 0.0759. The minimum absolute atomic E-state index is 0.173. The first kappa shape index (κ1) is 15.2. The van der Waals surface area contributed by atoms with E-state index < -0.39 is 6.10 Å². The number of aliphatic hydroxyl groups is 2. The monoisotopic (exact) mass is 251 g/mol. The Morgan fingerprint density at radius 1 is 1.11 bits per heavy atom. The zero-order valence-electron chi connectivity index (χ0n) is 11.6. The minimum atomic E-state index is -0.430. The second kappa shape index (κ2) is 7.52. The van der Waals surface area contributed by atoms with Gasteiger partial charge in [0.2, 0.25) is 0 Å². The third-order valence-electron chi connectivity index (χ3n) is 3.21. The normalized spacial score (nSPS) is 16.6. The minimum Gasteiger partial charge on any atom is -0.393 e. The molecule has 0 fully saturated rings. The number of hydrogen-bond acceptors (Lipinski definition) is 3. The van der Waals surface area contributed by atoms with E-state index in [0.29, 0.717) is 0 Å². The van der Waals surface area contributed by atoms with Gasteiger partial charge in [0.25, 0.3) is 0 Å². The Morgan fingerprint density at radius 2 is 1.72 bits per heavy atom. The molecule has 1 rings (SSSR count). The number of hydrogen-bond donors (Lipinski definition) is 2. The average Bonchev–Trinajstić information content (AvgIpc) is 2.36. The van der Waals surface area contributed by atoms with Crippen molar-refractivity contribution in [3.63, 3.8) is 0 Å². The highest BCUT2D eigenvalue weighted by molar-refractivity contribution is 5.17. The van der Waals surface area contributed by atoms with Crippen molar-refractivity contribution in [2.45, 2.75) is 32.5 Å². The van der Waals surface area contributed by atoms with Crippen molar-refractivity contribution in [2.24, 2.45) is 5.92 Å². The number of aliphatic hydroxyl groups excluding tert-OH is 2. The van der Waals surface area contributed by atoms with Crippen molar-refractivity contribution in [3.05, 3.63) is 35.9 Å². The van der Waals surface area contributed by atoms with Gasteiger partial charge in [0, 0.05) is 13.1 Å². The van der Waals surface area contributed by atoms with Crippen molar-refractivity contribution in [3.8, 4) is 0 Å². The molecule has 0 aliphatic heterocycles. The van der Waals surface area contributed by atoms with E-state index in [1.165, 1.54) is 0 Å². The van der Waals surface area contributed by atoms with Crippen LogP contribution in [-0.2, 0) is 0 Å². The third kappa shape index (κ3) is 5.17. The Balaban J connectivity index is 2.42. The maximum Gasteiger partial charge on any atom is 0.0827 e. The van der Waals surface area contributed by atoms with Gasteiger partial charge in [-0.05, 0) is 31.9 Å². The lowest BCUT2D eigenvalue weighted by molar-refractivity contribution is 0.0894. The average molecular weight is 251 g/mol. The molecule has 102 valence electrons. The first-order chi connectivity index (χ1) is 8.50. The highest BCUT2D eigenvalue weighted by atomic mass is 16.3. The molecule has 0 aromatic heterocycles. The zero-order valence-corrected chi connectivity index (χ0v) is 11.6. The standard InChI is InChI=1S/C15H25NO2/c1-12(11-16(3)10-9-13(2)17)15(18)14-7-5-4-6-8-14/h4-8,12-13,15,17-18H,9-11H2,1-3H3. The molecule has 0 aliphatic rings. The molecule has 0 spiro atoms. The van der Waals surface area contributed by atoms with E-state index in [1.54, 1.807) is 6.92 Å². The van der Waals surface area contributed by atoms with Gasteiger partial charge >= 0.3 is 0 Å². The Hall–Kier alpha value is -0.900. The second-order valence-electron chi connectivity index (χ2n) is 5.23. The molecule has 18 heavy (non-hydrogen) atoms. The van der Waals surface area contributed by atoms with Gasteiger partial charge in [-0.1, -0.05) is 37.3 Å². The van der Waals surface area contributed by atoms with E-state index in [1.807, 2.05) is 37.4 Å². The molecule has 0 heterocycles. The Kier molecular flexibility index (Phi) is 6.33. The molecule has 2 N–H and O–H groups in total. The van der Waals surface area contributed by atoms with Crippen LogP contribution >= 0.6 is 0 Å². The summed E-state index contributed by atoms with van der Waals surface area (Å²) in [7, 11) is 2.02. The zero-order chi connectivity index (χ0) is 13.5. The van der Waals surface area contributed by atoms with Crippen LogP contribution in [0.1, 0.15) is 31.9 Å². The van der Waals surface area contributed by atoms with Crippen LogP contribution in [0, 0.1) is 5.92 Å². The number of rotatable bonds is 7. The summed E-state index contributed by atoms with van der Waals surface area (Å²) in [5, 5.41) is 19.5. The molecule has 1 aromatic rings. The van der Waals surface area contributed by atoms with Crippen LogP contribution in [0.2, 0.25) is 0 Å². The van der Waals surface area contributed by atoms with Gasteiger partial charge in [-0.2, -0.15) is 0 Å². The lowest BCUT2D eigenvalue weighted by Crippen LogP contribution is -2.29. The lowest BCUT2D eigenvalue weighted by Gasteiger charge is -2.25. The molecule has 0 saturated carbocycles. The molecule has 0 bridgehead atoms. The summed E-state index contributed by atoms with van der Waals surface area (Å²) in [5.41, 5.74) is 0.967. The van der Waals surface area contributed by atoms with E-state index in [9.17, 15) is 10.2 Å². The summed E-state index contributed by atoms with van der Waals surface area (Å²) in [5.74, 6) is 0.173. The molecule has 0 amide bonds. The van der Waals surface area contributed by atoms with Crippen LogP contribution in [-0.4, -0.2) is 41.4 Å². The summed E-state index contributed by atoms with van der Waals surface area (Å²) in [6.45, 7) is 5.53. The van der Waals surface area contributed by atoms with Crippen LogP contribution in [0.4, 0.5) is 0 Å². The molecular formula is C15H25NO2. The van der Waals surface area contributed by atoms with Gasteiger partial charge < -0.3 is 15.1 Å². The first-order valence-corrected chi connectivity index (χ1v) is 6.60. The van der Waals surface area contributed by atoms with E-state index >= 15 is 0 Å². The van der Waals surface area contributed by atoms with Crippen LogP contribution < -0.4 is 0 Å². The Morgan fingerprint density at radius 3 is 2.28 bits per heavy atom. The molecule has 3 nitrogen and oxygen atoms in total. The molecule has 0 radical (unpaired) electrons. The van der Waals surface area contributed by atoms with Gasteiger partial charge in [-0.15, -0.1) is 0 Å². The first-order valence-electron chi connectivity index (χ1n) is 6.60. The molecule has 3 unspecified atom stereocenters. The largest absolute Gasteiger partial charge is 0.393 e. The van der Waals surface area contributed by atoms with E-state index in [4.69, 9.17) is 0 Å². The molecule has 3 heteroatoms. The maximum atomic E-state index is 10.2. The van der Waals surface area contributed by atoms with E-state index in [2.05, 4.69) is 11.8 Å². The Bertz CT molecular complexity index is 327. The summed E-state index contributed by atoms with van der Waals surface area (Å²) in [4.78, 5) is 2.16. The topological polar surface area (TPSA) is 43.7 Å². The highest BCUT2D eigenvalue weighted by Gasteiger charge is 2.17. The molecule has 3 atom stereocenters. The van der Waals surface area contributed by atoms with Gasteiger partial charge in [-0.3, -0.25) is 0 Å². The molecule has 0 aliphatic carbocycles. The van der Waals surface area contributed by atoms with Crippen molar-refractivity contribution in [1.82, 2.24) is 4.90 Å². The van der Waals surface area contributed by atoms with Crippen LogP contribution in [0.5, 0.6) is 0 Å². The second-order valence-corrected chi connectivity index (χ2v) is 5.23. The van der Waals surface area contributed by atoms with Gasteiger partial charge in [-0.25, -0.2) is 0 Å². The fraction of sp³-hybridized carbons (Fsp3) is 0.600. The summed E-state index contributed by atoms with van der Waals surface area (Å²) in [6, 6.07) is 9.76. The van der Waals surface area contributed by atoms with Crippen molar-refractivity contribution in [2.75, 3.05) is 20.1 Å². The predicted octanol–water partition coefficient (Wildman–Crippen LogP) is 2.06. The van der Waals surface area contributed by atoms with Crippen molar-refractivity contribution >= 4 is 0 Å². The fourth-order valence-corrected chi connectivity index (χ4v) is 2.07. The lowest BCUT2D eigenvalue weighted by atomic mass is 9.97. The van der Waals surface area contributed by atoms with Crippen LogP contribution in [0.15, 0.2) is 30.3 Å². The summed E-state index contributed by atoms with van der Waals surface area (Å²) < 4.78 is 0. The van der Waals surface area contributed by atoms with E-state index in [0.717, 1.165) is 25.1 Å².